The zero-order valence-corrected chi connectivity index (χ0v) is 16.0. The number of aromatic nitrogens is 3. The van der Waals surface area contributed by atoms with Crippen molar-refractivity contribution < 1.29 is 18.7 Å². The summed E-state index contributed by atoms with van der Waals surface area (Å²) in [6.07, 6.45) is 0. The topological polar surface area (TPSA) is 82.6 Å². The minimum Gasteiger partial charge on any atom is -0.493 e. The van der Waals surface area contributed by atoms with E-state index in [1.54, 1.807) is 30.2 Å². The highest BCUT2D eigenvalue weighted by molar-refractivity contribution is 6.31. The number of ether oxygens (including phenoxy) is 2. The molecule has 0 saturated carbocycles. The number of halogens is 1. The molecule has 1 aliphatic heterocycles. The minimum atomic E-state index is -0.209. The number of rotatable bonds is 4. The molecule has 1 aromatic carbocycles. The number of amides is 1. The Morgan fingerprint density at radius 1 is 1.33 bits per heavy atom. The molecule has 142 valence electrons. The van der Waals surface area contributed by atoms with Crippen LogP contribution in [0.5, 0.6) is 5.75 Å². The second kappa shape index (κ2) is 6.86. The van der Waals surface area contributed by atoms with E-state index in [0.29, 0.717) is 36.1 Å². The number of fused-ring (bicyclic) bond motifs is 2. The van der Waals surface area contributed by atoms with Crippen molar-refractivity contribution in [1.82, 2.24) is 19.7 Å². The third kappa shape index (κ3) is 3.04. The normalized spacial score (nSPS) is 16.6. The van der Waals surface area contributed by atoms with Gasteiger partial charge in [-0.2, -0.15) is 0 Å². The lowest BCUT2D eigenvalue weighted by Crippen LogP contribution is -2.40. The van der Waals surface area contributed by atoms with Crippen molar-refractivity contribution in [2.75, 3.05) is 20.8 Å². The zero-order chi connectivity index (χ0) is 19.1. The van der Waals surface area contributed by atoms with Crippen LogP contribution in [0.4, 0.5) is 0 Å². The summed E-state index contributed by atoms with van der Waals surface area (Å²) >= 11 is 6.10. The number of hydrogen-bond acceptors (Lipinski definition) is 6. The van der Waals surface area contributed by atoms with E-state index in [2.05, 4.69) is 10.2 Å². The van der Waals surface area contributed by atoms with E-state index in [4.69, 9.17) is 25.5 Å². The molecule has 4 rings (SSSR count). The number of carbonyl (C=O) groups excluding carboxylic acids is 1. The molecule has 3 heterocycles. The molecule has 1 aliphatic rings. The molecule has 0 aliphatic carbocycles. The van der Waals surface area contributed by atoms with Gasteiger partial charge in [0.25, 0.3) is 5.91 Å². The van der Waals surface area contributed by atoms with Crippen molar-refractivity contribution in [2.24, 2.45) is 0 Å². The van der Waals surface area contributed by atoms with Crippen LogP contribution in [0.25, 0.3) is 11.0 Å². The molecule has 0 spiro atoms. The lowest BCUT2D eigenvalue weighted by atomic mass is 10.2. The predicted molar refractivity (Wildman–Crippen MR) is 98.0 cm³/mol. The van der Waals surface area contributed by atoms with Gasteiger partial charge in [0.15, 0.2) is 28.7 Å². The van der Waals surface area contributed by atoms with Crippen molar-refractivity contribution in [2.45, 2.75) is 26.1 Å². The van der Waals surface area contributed by atoms with Crippen LogP contribution in [0.1, 0.15) is 35.2 Å². The number of furan rings is 1. The number of methoxy groups -OCH3 is 2. The Balaban J connectivity index is 1.64. The van der Waals surface area contributed by atoms with Gasteiger partial charge in [-0.3, -0.25) is 4.79 Å². The molecule has 2 aromatic heterocycles. The van der Waals surface area contributed by atoms with Crippen LogP contribution in [0.2, 0.25) is 5.02 Å². The van der Waals surface area contributed by atoms with Gasteiger partial charge in [0.1, 0.15) is 6.61 Å². The largest absolute Gasteiger partial charge is 0.493 e. The van der Waals surface area contributed by atoms with Crippen LogP contribution < -0.4 is 4.74 Å². The Bertz CT molecular complexity index is 1010. The van der Waals surface area contributed by atoms with E-state index in [-0.39, 0.29) is 17.7 Å². The van der Waals surface area contributed by atoms with Crippen LogP contribution in [0.15, 0.2) is 22.6 Å². The minimum absolute atomic E-state index is 0.0335. The fourth-order valence-corrected chi connectivity index (χ4v) is 3.71. The molecule has 0 fully saturated rings. The summed E-state index contributed by atoms with van der Waals surface area (Å²) in [4.78, 5) is 14.7. The quantitative estimate of drug-likeness (QED) is 0.681. The molecular formula is C18H19ClN4O4. The van der Waals surface area contributed by atoms with E-state index in [1.807, 2.05) is 11.5 Å². The molecule has 0 N–H and O–H groups in total. The van der Waals surface area contributed by atoms with Crippen molar-refractivity contribution >= 4 is 28.5 Å². The molecule has 8 nitrogen and oxygen atoms in total. The van der Waals surface area contributed by atoms with Gasteiger partial charge in [0, 0.05) is 30.1 Å². The average Bonchev–Trinajstić information content (AvgIpc) is 3.25. The van der Waals surface area contributed by atoms with Crippen LogP contribution >= 0.6 is 11.6 Å². The molecule has 9 heteroatoms. The molecule has 1 atom stereocenters. The first kappa shape index (κ1) is 17.8. The number of benzene rings is 1. The zero-order valence-electron chi connectivity index (χ0n) is 15.2. The number of carbonyl (C=O) groups is 1. The highest BCUT2D eigenvalue weighted by Gasteiger charge is 2.31. The monoisotopic (exact) mass is 390 g/mol. The molecule has 3 aromatic rings. The summed E-state index contributed by atoms with van der Waals surface area (Å²) in [6.45, 7) is 3.28. The van der Waals surface area contributed by atoms with Gasteiger partial charge in [0.05, 0.1) is 19.7 Å². The van der Waals surface area contributed by atoms with Crippen LogP contribution in [0.3, 0.4) is 0 Å². The van der Waals surface area contributed by atoms with Gasteiger partial charge in [-0.15, -0.1) is 10.2 Å². The fraction of sp³-hybridized carbons (Fsp3) is 0.389. The molecule has 0 radical (unpaired) electrons. The number of hydrogen-bond donors (Lipinski definition) is 0. The molecular weight excluding hydrogens is 372 g/mol. The second-order valence-electron chi connectivity index (χ2n) is 6.51. The van der Waals surface area contributed by atoms with E-state index in [0.717, 1.165) is 17.0 Å². The van der Waals surface area contributed by atoms with Crippen LogP contribution in [-0.2, 0) is 17.9 Å². The van der Waals surface area contributed by atoms with E-state index >= 15 is 0 Å². The number of nitrogens with zero attached hydrogens (tertiary/aromatic N) is 4. The van der Waals surface area contributed by atoms with Crippen molar-refractivity contribution in [3.8, 4) is 5.75 Å². The summed E-state index contributed by atoms with van der Waals surface area (Å²) < 4.78 is 18.3. The van der Waals surface area contributed by atoms with Gasteiger partial charge in [0.2, 0.25) is 0 Å². The molecule has 1 amide bonds. The van der Waals surface area contributed by atoms with Gasteiger partial charge in [-0.05, 0) is 19.1 Å². The molecule has 0 bridgehead atoms. The van der Waals surface area contributed by atoms with Gasteiger partial charge < -0.3 is 23.4 Å². The maximum absolute atomic E-state index is 13.0. The summed E-state index contributed by atoms with van der Waals surface area (Å²) in [5.41, 5.74) is 0.501. The van der Waals surface area contributed by atoms with E-state index in [1.165, 1.54) is 7.11 Å². The van der Waals surface area contributed by atoms with E-state index in [9.17, 15) is 4.79 Å². The molecule has 0 unspecified atom stereocenters. The first-order valence-electron chi connectivity index (χ1n) is 8.49. The third-order valence-electron chi connectivity index (χ3n) is 4.63. The Morgan fingerprint density at radius 3 is 2.89 bits per heavy atom. The Morgan fingerprint density at radius 2 is 2.15 bits per heavy atom. The Kier molecular flexibility index (Phi) is 4.53. The predicted octanol–water partition coefficient (Wildman–Crippen LogP) is 3.05. The SMILES string of the molecule is COCc1nnc2n1[C@@H](C)CN(C(=O)c1cc3cc(Cl)cc(OC)c3o1)C2. The first-order chi connectivity index (χ1) is 13.0. The highest BCUT2D eigenvalue weighted by Crippen LogP contribution is 2.33. The van der Waals surface area contributed by atoms with E-state index < -0.39 is 0 Å². The first-order valence-corrected chi connectivity index (χ1v) is 8.87. The fourth-order valence-electron chi connectivity index (χ4n) is 3.49. The Hall–Kier alpha value is -2.58. The van der Waals surface area contributed by atoms with Crippen molar-refractivity contribution in [3.05, 3.63) is 40.6 Å². The summed E-state index contributed by atoms with van der Waals surface area (Å²) in [5.74, 6) is 2.01. The van der Waals surface area contributed by atoms with Gasteiger partial charge >= 0.3 is 0 Å². The molecule has 0 saturated heterocycles. The lowest BCUT2D eigenvalue weighted by Gasteiger charge is -2.32. The third-order valence-corrected chi connectivity index (χ3v) is 4.85. The smallest absolute Gasteiger partial charge is 0.290 e. The van der Waals surface area contributed by atoms with Crippen LogP contribution in [0, 0.1) is 0 Å². The second-order valence-corrected chi connectivity index (χ2v) is 6.94. The van der Waals surface area contributed by atoms with Gasteiger partial charge in [-0.1, -0.05) is 11.6 Å². The average molecular weight is 391 g/mol. The lowest BCUT2D eigenvalue weighted by molar-refractivity contribution is 0.0645. The molecule has 27 heavy (non-hydrogen) atoms. The summed E-state index contributed by atoms with van der Waals surface area (Å²) in [7, 11) is 3.15. The van der Waals surface area contributed by atoms with Crippen molar-refractivity contribution in [1.29, 1.82) is 0 Å². The summed E-state index contributed by atoms with van der Waals surface area (Å²) in [6, 6.07) is 5.12. The standard InChI is InChI=1S/C18H19ClN4O4/c1-10-7-22(8-15-20-21-16(9-25-2)23(10)15)18(24)14-5-11-4-12(19)6-13(26-3)17(11)27-14/h4-6,10H,7-9H2,1-3H3/t10-/m0/s1. The Labute approximate surface area is 160 Å². The highest BCUT2D eigenvalue weighted by atomic mass is 35.5. The maximum atomic E-state index is 13.0. The summed E-state index contributed by atoms with van der Waals surface area (Å²) in [5, 5.41) is 9.61. The van der Waals surface area contributed by atoms with Gasteiger partial charge in [-0.25, -0.2) is 0 Å². The van der Waals surface area contributed by atoms with Crippen molar-refractivity contribution in [3.63, 3.8) is 0 Å². The maximum Gasteiger partial charge on any atom is 0.290 e. The van der Waals surface area contributed by atoms with Crippen LogP contribution in [-0.4, -0.2) is 46.3 Å².